The molecule has 0 unspecified atom stereocenters. The van der Waals surface area contributed by atoms with Crippen LogP contribution in [0.3, 0.4) is 0 Å². The van der Waals surface area contributed by atoms with Gasteiger partial charge in [0.15, 0.2) is 11.5 Å². The van der Waals surface area contributed by atoms with Crippen LogP contribution in [0.5, 0.6) is 17.2 Å². The predicted octanol–water partition coefficient (Wildman–Crippen LogP) is 4.25. The number of hydrazone groups is 1. The molecule has 2 aromatic carbocycles. The normalized spacial score (nSPS) is 11.1. The van der Waals surface area contributed by atoms with Gasteiger partial charge in [0.2, 0.25) is 5.75 Å². The van der Waals surface area contributed by atoms with E-state index < -0.39 is 10.8 Å². The molecule has 2 aromatic rings. The molecule has 0 radical (unpaired) electrons. The molecule has 0 aromatic heterocycles. The number of nitrogens with one attached hydrogen (secondary N) is 1. The third kappa shape index (κ3) is 5.94. The Kier molecular flexibility index (Phi) is 8.36. The first-order chi connectivity index (χ1) is 14.8. The highest BCUT2D eigenvalue weighted by Crippen LogP contribution is 2.39. The van der Waals surface area contributed by atoms with Crippen LogP contribution in [0, 0.1) is 17.0 Å². The average Bonchev–Trinajstić information content (AvgIpc) is 2.74. The van der Waals surface area contributed by atoms with E-state index in [0.717, 1.165) is 0 Å². The highest BCUT2D eigenvalue weighted by Gasteiger charge is 2.18. The van der Waals surface area contributed by atoms with E-state index >= 15 is 0 Å². The Labute approximate surface area is 181 Å². The maximum absolute atomic E-state index is 12.7. The van der Waals surface area contributed by atoms with Crippen molar-refractivity contribution >= 4 is 17.3 Å². The fraction of sp³-hybridized carbons (Fsp3) is 0.364. The molecule has 9 heteroatoms. The fourth-order valence-corrected chi connectivity index (χ4v) is 2.81. The first-order valence-electron chi connectivity index (χ1n) is 9.98. The Hall–Kier alpha value is -3.62. The van der Waals surface area contributed by atoms with E-state index in [4.69, 9.17) is 14.2 Å². The summed E-state index contributed by atoms with van der Waals surface area (Å²) in [6.07, 6.45) is 0. The van der Waals surface area contributed by atoms with E-state index in [2.05, 4.69) is 10.5 Å². The van der Waals surface area contributed by atoms with E-state index in [1.807, 2.05) is 20.8 Å². The zero-order valence-corrected chi connectivity index (χ0v) is 18.4. The lowest BCUT2D eigenvalue weighted by Gasteiger charge is -2.16. The summed E-state index contributed by atoms with van der Waals surface area (Å²) in [5.41, 5.74) is 4.26. The number of hydrogen-bond donors (Lipinski definition) is 1. The van der Waals surface area contributed by atoms with Gasteiger partial charge in [0.1, 0.15) is 0 Å². The maximum Gasteiger partial charge on any atom is 0.272 e. The second-order valence-electron chi connectivity index (χ2n) is 6.50. The summed E-state index contributed by atoms with van der Waals surface area (Å²) in [5.74, 6) is 0.755. The topological polar surface area (TPSA) is 112 Å². The first kappa shape index (κ1) is 23.7. The van der Waals surface area contributed by atoms with Crippen molar-refractivity contribution in [2.24, 2.45) is 5.10 Å². The standard InChI is InChI=1S/C22H27N3O6/c1-6-29-19-12-17(13-20(30-7-2)21(19)31-8-3)22(26)24-23-15(5)16-10-9-14(4)18(11-16)25(27)28/h9-13H,6-8H2,1-5H3,(H,24,26). The molecule has 0 aliphatic heterocycles. The summed E-state index contributed by atoms with van der Waals surface area (Å²) >= 11 is 0. The maximum atomic E-state index is 12.7. The third-order valence-electron chi connectivity index (χ3n) is 4.32. The van der Waals surface area contributed by atoms with Gasteiger partial charge in [-0.1, -0.05) is 12.1 Å². The lowest BCUT2D eigenvalue weighted by atomic mass is 10.1. The van der Waals surface area contributed by atoms with E-state index in [1.54, 1.807) is 38.1 Å². The summed E-state index contributed by atoms with van der Waals surface area (Å²) in [7, 11) is 0. The Morgan fingerprint density at radius 2 is 1.58 bits per heavy atom. The monoisotopic (exact) mass is 429 g/mol. The van der Waals surface area contributed by atoms with Crippen molar-refractivity contribution in [3.8, 4) is 17.2 Å². The molecule has 0 heterocycles. The largest absolute Gasteiger partial charge is 0.490 e. The molecule has 0 aliphatic rings. The first-order valence-corrected chi connectivity index (χ1v) is 9.98. The second kappa shape index (κ2) is 11.0. The summed E-state index contributed by atoms with van der Waals surface area (Å²) in [6.45, 7) is 10.0. The molecule has 2 rings (SSSR count). The van der Waals surface area contributed by atoms with Crippen molar-refractivity contribution in [1.29, 1.82) is 0 Å². The third-order valence-corrected chi connectivity index (χ3v) is 4.32. The fourth-order valence-electron chi connectivity index (χ4n) is 2.81. The Morgan fingerprint density at radius 3 is 2.10 bits per heavy atom. The summed E-state index contributed by atoms with van der Waals surface area (Å²) in [4.78, 5) is 23.4. The zero-order chi connectivity index (χ0) is 23.0. The molecular weight excluding hydrogens is 402 g/mol. The van der Waals surface area contributed by atoms with Gasteiger partial charge in [-0.15, -0.1) is 0 Å². The molecule has 0 saturated heterocycles. The predicted molar refractivity (Wildman–Crippen MR) is 117 cm³/mol. The molecule has 0 atom stereocenters. The number of nitro groups is 1. The van der Waals surface area contributed by atoms with Crippen molar-refractivity contribution in [2.45, 2.75) is 34.6 Å². The molecule has 0 bridgehead atoms. The van der Waals surface area contributed by atoms with Crippen LogP contribution in [-0.4, -0.2) is 36.4 Å². The van der Waals surface area contributed by atoms with Crippen molar-refractivity contribution in [3.63, 3.8) is 0 Å². The quantitative estimate of drug-likeness (QED) is 0.343. The number of carbonyl (C=O) groups is 1. The van der Waals surface area contributed by atoms with Gasteiger partial charge >= 0.3 is 0 Å². The molecule has 0 fully saturated rings. The Balaban J connectivity index is 2.32. The van der Waals surface area contributed by atoms with Crippen LogP contribution in [-0.2, 0) is 0 Å². The van der Waals surface area contributed by atoms with Gasteiger partial charge < -0.3 is 14.2 Å². The number of carbonyl (C=O) groups excluding carboxylic acids is 1. The van der Waals surface area contributed by atoms with E-state index in [0.29, 0.717) is 53.9 Å². The number of ether oxygens (including phenoxy) is 3. The van der Waals surface area contributed by atoms with Crippen LogP contribution in [0.2, 0.25) is 0 Å². The number of hydrogen-bond acceptors (Lipinski definition) is 7. The minimum absolute atomic E-state index is 0.00685. The van der Waals surface area contributed by atoms with Crippen molar-refractivity contribution in [3.05, 3.63) is 57.1 Å². The van der Waals surface area contributed by atoms with Crippen LogP contribution < -0.4 is 19.6 Å². The summed E-state index contributed by atoms with van der Waals surface area (Å²) in [6, 6.07) is 7.91. The molecule has 31 heavy (non-hydrogen) atoms. The summed E-state index contributed by atoms with van der Waals surface area (Å²) in [5, 5.41) is 15.2. The van der Waals surface area contributed by atoms with Gasteiger partial charge in [-0.3, -0.25) is 14.9 Å². The van der Waals surface area contributed by atoms with Gasteiger partial charge in [0, 0.05) is 22.8 Å². The smallest absolute Gasteiger partial charge is 0.272 e. The number of amides is 1. The minimum Gasteiger partial charge on any atom is -0.490 e. The van der Waals surface area contributed by atoms with E-state index in [9.17, 15) is 14.9 Å². The van der Waals surface area contributed by atoms with Crippen LogP contribution in [0.25, 0.3) is 0 Å². The molecule has 1 amide bonds. The van der Waals surface area contributed by atoms with Crippen LogP contribution >= 0.6 is 0 Å². The lowest BCUT2D eigenvalue weighted by molar-refractivity contribution is -0.385. The summed E-state index contributed by atoms with van der Waals surface area (Å²) < 4.78 is 16.9. The molecule has 166 valence electrons. The van der Waals surface area contributed by atoms with Gasteiger partial charge in [0.25, 0.3) is 11.6 Å². The number of aryl methyl sites for hydroxylation is 1. The number of rotatable bonds is 10. The van der Waals surface area contributed by atoms with Crippen LogP contribution in [0.15, 0.2) is 35.4 Å². The highest BCUT2D eigenvalue weighted by molar-refractivity contribution is 6.01. The van der Waals surface area contributed by atoms with Crippen LogP contribution in [0.1, 0.15) is 49.2 Å². The number of nitro benzene ring substituents is 1. The van der Waals surface area contributed by atoms with Crippen molar-refractivity contribution in [2.75, 3.05) is 19.8 Å². The Morgan fingerprint density at radius 1 is 1.00 bits per heavy atom. The van der Waals surface area contributed by atoms with Crippen molar-refractivity contribution in [1.82, 2.24) is 5.43 Å². The molecule has 0 spiro atoms. The lowest BCUT2D eigenvalue weighted by Crippen LogP contribution is -2.20. The zero-order valence-electron chi connectivity index (χ0n) is 18.4. The highest BCUT2D eigenvalue weighted by atomic mass is 16.6. The van der Waals surface area contributed by atoms with Crippen LogP contribution in [0.4, 0.5) is 5.69 Å². The van der Waals surface area contributed by atoms with Gasteiger partial charge in [0.05, 0.1) is 30.5 Å². The number of nitrogens with zero attached hydrogens (tertiary/aromatic N) is 2. The van der Waals surface area contributed by atoms with Gasteiger partial charge in [-0.2, -0.15) is 5.10 Å². The van der Waals surface area contributed by atoms with E-state index in [-0.39, 0.29) is 11.3 Å². The van der Waals surface area contributed by atoms with Crippen molar-refractivity contribution < 1.29 is 23.9 Å². The minimum atomic E-state index is -0.481. The van der Waals surface area contributed by atoms with Gasteiger partial charge in [-0.05, 0) is 46.8 Å². The molecule has 0 saturated carbocycles. The average molecular weight is 429 g/mol. The van der Waals surface area contributed by atoms with E-state index in [1.165, 1.54) is 6.07 Å². The molecule has 9 nitrogen and oxygen atoms in total. The number of benzene rings is 2. The second-order valence-corrected chi connectivity index (χ2v) is 6.50. The van der Waals surface area contributed by atoms with Gasteiger partial charge in [-0.25, -0.2) is 5.43 Å². The molecule has 1 N–H and O–H groups in total. The SMILES string of the molecule is CCOc1cc(C(=O)NN=C(C)c2ccc(C)c([N+](=O)[O-])c2)cc(OCC)c1OCC. The molecular formula is C22H27N3O6. The Bertz CT molecular complexity index is 960. The molecule has 0 aliphatic carbocycles.